The van der Waals surface area contributed by atoms with Crippen LogP contribution >= 0.6 is 0 Å². The fourth-order valence-corrected chi connectivity index (χ4v) is 2.65. The van der Waals surface area contributed by atoms with Crippen LogP contribution in [0.3, 0.4) is 0 Å². The van der Waals surface area contributed by atoms with Gasteiger partial charge in [-0.1, -0.05) is 0 Å². The zero-order valence-corrected chi connectivity index (χ0v) is 13.4. The molecule has 124 valence electrons. The van der Waals surface area contributed by atoms with Crippen molar-refractivity contribution in [3.63, 3.8) is 0 Å². The Hall–Kier alpha value is -2.17. The minimum Gasteiger partial charge on any atom is -0.350 e. The maximum atomic E-state index is 11.9. The highest BCUT2D eigenvalue weighted by atomic mass is 16.8. The normalized spacial score (nSPS) is 17.5. The van der Waals surface area contributed by atoms with Crippen molar-refractivity contribution in [2.24, 2.45) is 0 Å². The highest BCUT2D eigenvalue weighted by molar-refractivity contribution is 5.75. The van der Waals surface area contributed by atoms with Gasteiger partial charge in [0.05, 0.1) is 0 Å². The first-order valence-electron chi connectivity index (χ1n) is 7.71. The Bertz CT molecular complexity index is 669. The molecule has 0 spiro atoms. The molecule has 1 aliphatic heterocycles. The molecule has 1 amide bonds. The number of nitrogens with zero attached hydrogens (tertiary/aromatic N) is 1. The lowest BCUT2D eigenvalue weighted by molar-refractivity contribution is -0.200. The van der Waals surface area contributed by atoms with Crippen molar-refractivity contribution in [2.75, 3.05) is 6.61 Å². The second-order valence-corrected chi connectivity index (χ2v) is 5.61. The molecule has 2 N–H and O–H groups in total. The number of aromatic amines is 1. The summed E-state index contributed by atoms with van der Waals surface area (Å²) in [5, 5.41) is 9.04. The molecule has 7 nitrogen and oxygen atoms in total. The Balaban J connectivity index is 1.91. The summed E-state index contributed by atoms with van der Waals surface area (Å²) in [5.41, 5.74) is 4.21. The third kappa shape index (κ3) is 4.41. The van der Waals surface area contributed by atoms with E-state index >= 15 is 0 Å². The molecule has 0 saturated carbocycles. The van der Waals surface area contributed by atoms with Gasteiger partial charge in [0, 0.05) is 25.1 Å². The molecule has 23 heavy (non-hydrogen) atoms. The summed E-state index contributed by atoms with van der Waals surface area (Å²) in [5.74, 6) is -0.261. The predicted molar refractivity (Wildman–Crippen MR) is 82.4 cm³/mol. The van der Waals surface area contributed by atoms with Crippen LogP contribution in [-0.4, -0.2) is 23.8 Å². The average Bonchev–Trinajstić information content (AvgIpc) is 2.53. The molecule has 1 aliphatic rings. The molecule has 1 aromatic rings. The van der Waals surface area contributed by atoms with Gasteiger partial charge in [-0.3, -0.25) is 9.59 Å². The molecule has 2 heterocycles. The number of H-pyrrole nitrogens is 1. The zero-order valence-electron chi connectivity index (χ0n) is 13.4. The van der Waals surface area contributed by atoms with Crippen molar-refractivity contribution in [1.29, 1.82) is 5.26 Å². The monoisotopic (exact) mass is 319 g/mol. The molecule has 1 atom stereocenters. The summed E-state index contributed by atoms with van der Waals surface area (Å²) < 4.78 is 5.36. The molecule has 1 saturated heterocycles. The number of hydrogen-bond acceptors (Lipinski definition) is 5. The molecule has 1 aromatic heterocycles. The Morgan fingerprint density at radius 1 is 1.48 bits per heavy atom. The maximum Gasteiger partial charge on any atom is 0.266 e. The van der Waals surface area contributed by atoms with Crippen LogP contribution in [0.1, 0.15) is 48.1 Å². The van der Waals surface area contributed by atoms with Gasteiger partial charge in [-0.25, -0.2) is 10.3 Å². The Labute approximate surface area is 134 Å². The van der Waals surface area contributed by atoms with Gasteiger partial charge in [-0.05, 0) is 44.2 Å². The van der Waals surface area contributed by atoms with Crippen LogP contribution in [0.4, 0.5) is 0 Å². The first-order valence-corrected chi connectivity index (χ1v) is 7.71. The fourth-order valence-electron chi connectivity index (χ4n) is 2.65. The maximum absolute atomic E-state index is 11.9. The van der Waals surface area contributed by atoms with E-state index in [1.807, 2.05) is 6.07 Å². The van der Waals surface area contributed by atoms with Crippen LogP contribution < -0.4 is 11.0 Å². The second-order valence-electron chi connectivity index (χ2n) is 5.61. The number of nitriles is 1. The van der Waals surface area contributed by atoms with Crippen LogP contribution in [0.15, 0.2) is 4.79 Å². The van der Waals surface area contributed by atoms with Gasteiger partial charge in [0.2, 0.25) is 5.91 Å². The summed E-state index contributed by atoms with van der Waals surface area (Å²) >= 11 is 0. The lowest BCUT2D eigenvalue weighted by Crippen LogP contribution is -2.33. The van der Waals surface area contributed by atoms with Crippen LogP contribution in [-0.2, 0) is 20.8 Å². The third-order valence-electron chi connectivity index (χ3n) is 3.96. The summed E-state index contributed by atoms with van der Waals surface area (Å²) in [7, 11) is 0. The van der Waals surface area contributed by atoms with Crippen LogP contribution in [0.25, 0.3) is 0 Å². The third-order valence-corrected chi connectivity index (χ3v) is 3.96. The minimum atomic E-state index is -0.395. The summed E-state index contributed by atoms with van der Waals surface area (Å²) in [6.45, 7) is 4.13. The average molecular weight is 319 g/mol. The first-order chi connectivity index (χ1) is 11.0. The van der Waals surface area contributed by atoms with E-state index in [0.717, 1.165) is 24.8 Å². The van der Waals surface area contributed by atoms with Crippen LogP contribution in [0.2, 0.25) is 0 Å². The van der Waals surface area contributed by atoms with Crippen LogP contribution in [0, 0.1) is 25.2 Å². The quantitative estimate of drug-likeness (QED) is 0.798. The number of hydroxylamine groups is 1. The van der Waals surface area contributed by atoms with Gasteiger partial charge < -0.3 is 9.72 Å². The van der Waals surface area contributed by atoms with E-state index in [1.165, 1.54) is 0 Å². The number of ether oxygens (including phenoxy) is 1. The molecule has 7 heteroatoms. The fraction of sp³-hybridized carbons (Fsp3) is 0.562. The predicted octanol–water partition coefficient (Wildman–Crippen LogP) is 1.37. The Kier molecular flexibility index (Phi) is 5.90. The Morgan fingerprint density at radius 3 is 2.91 bits per heavy atom. The minimum absolute atomic E-state index is 0.0952. The number of pyridine rings is 1. The van der Waals surface area contributed by atoms with Gasteiger partial charge in [0.25, 0.3) is 5.56 Å². The lowest BCUT2D eigenvalue weighted by Gasteiger charge is -2.22. The molecule has 0 aromatic carbocycles. The van der Waals surface area contributed by atoms with Gasteiger partial charge >= 0.3 is 0 Å². The molecule has 0 radical (unpaired) electrons. The SMILES string of the molecule is Cc1[nH]c(=O)c(C#N)c(C)c1CCC(=O)NOC1CCCCO1. The van der Waals surface area contributed by atoms with Crippen molar-refractivity contribution in [3.05, 3.63) is 32.7 Å². The number of nitrogens with one attached hydrogen (secondary N) is 2. The number of hydrogen-bond donors (Lipinski definition) is 2. The van der Waals surface area contributed by atoms with Gasteiger partial charge in [0.15, 0.2) is 6.29 Å². The zero-order chi connectivity index (χ0) is 16.8. The van der Waals surface area contributed by atoms with Crippen molar-refractivity contribution in [1.82, 2.24) is 10.5 Å². The number of aromatic nitrogens is 1. The van der Waals surface area contributed by atoms with E-state index < -0.39 is 5.56 Å². The van der Waals surface area contributed by atoms with E-state index in [9.17, 15) is 9.59 Å². The second kappa shape index (κ2) is 7.90. The largest absolute Gasteiger partial charge is 0.350 e. The van der Waals surface area contributed by atoms with Crippen LogP contribution in [0.5, 0.6) is 0 Å². The highest BCUT2D eigenvalue weighted by Crippen LogP contribution is 2.15. The number of rotatable bonds is 5. The molecule has 1 unspecified atom stereocenters. The summed E-state index contributed by atoms with van der Waals surface area (Å²) in [6, 6.07) is 1.90. The number of carbonyl (C=O) groups excluding carboxylic acids is 1. The topological polar surface area (TPSA) is 104 Å². The number of carbonyl (C=O) groups is 1. The van der Waals surface area contributed by atoms with Gasteiger partial charge in [0.1, 0.15) is 11.6 Å². The van der Waals surface area contributed by atoms with E-state index in [4.69, 9.17) is 14.8 Å². The van der Waals surface area contributed by atoms with E-state index in [0.29, 0.717) is 24.3 Å². The standard InChI is InChI=1S/C16H21N3O4/c1-10-12(11(2)18-16(21)13(10)9-17)6-7-14(20)19-23-15-5-3-4-8-22-15/h15H,3-8H2,1-2H3,(H,18,21)(H,19,20). The molecule has 0 aliphatic carbocycles. The molecule has 0 bridgehead atoms. The smallest absolute Gasteiger partial charge is 0.266 e. The van der Waals surface area contributed by atoms with E-state index in [1.54, 1.807) is 13.8 Å². The van der Waals surface area contributed by atoms with E-state index in [-0.39, 0.29) is 24.2 Å². The van der Waals surface area contributed by atoms with Crippen molar-refractivity contribution in [2.45, 2.75) is 52.2 Å². The summed E-state index contributed by atoms with van der Waals surface area (Å²) in [6.07, 6.45) is 3.04. The first kappa shape index (κ1) is 17.2. The lowest BCUT2D eigenvalue weighted by atomic mass is 9.99. The molecular weight excluding hydrogens is 298 g/mol. The van der Waals surface area contributed by atoms with E-state index in [2.05, 4.69) is 10.5 Å². The highest BCUT2D eigenvalue weighted by Gasteiger charge is 2.17. The Morgan fingerprint density at radius 2 is 2.26 bits per heavy atom. The number of amides is 1. The van der Waals surface area contributed by atoms with Crippen molar-refractivity contribution in [3.8, 4) is 6.07 Å². The molecular formula is C16H21N3O4. The van der Waals surface area contributed by atoms with Crippen molar-refractivity contribution >= 4 is 5.91 Å². The molecule has 1 fully saturated rings. The molecule has 2 rings (SSSR count). The van der Waals surface area contributed by atoms with Gasteiger partial charge in [-0.15, -0.1) is 0 Å². The summed E-state index contributed by atoms with van der Waals surface area (Å²) in [4.78, 5) is 31.4. The number of aryl methyl sites for hydroxylation is 1. The van der Waals surface area contributed by atoms with Gasteiger partial charge in [-0.2, -0.15) is 5.26 Å². The van der Waals surface area contributed by atoms with Crippen molar-refractivity contribution < 1.29 is 14.4 Å².